The van der Waals surface area contributed by atoms with E-state index in [4.69, 9.17) is 10.5 Å². The lowest BCUT2D eigenvalue weighted by Crippen LogP contribution is -2.51. The van der Waals surface area contributed by atoms with Crippen molar-refractivity contribution >= 4 is 29.4 Å². The van der Waals surface area contributed by atoms with Gasteiger partial charge in [-0.1, -0.05) is 25.0 Å². The van der Waals surface area contributed by atoms with Crippen molar-refractivity contribution < 1.29 is 14.3 Å². The SMILES string of the molecule is NC(=O)C1CN(C(=O)Nc2ccccc2SC2CCCC2)CCO1. The quantitative estimate of drug-likeness (QED) is 0.874. The van der Waals surface area contributed by atoms with Gasteiger partial charge >= 0.3 is 6.03 Å². The van der Waals surface area contributed by atoms with E-state index in [1.165, 1.54) is 25.7 Å². The average Bonchev–Trinajstić information content (AvgIpc) is 3.10. The minimum Gasteiger partial charge on any atom is -0.367 e. The van der Waals surface area contributed by atoms with Crippen LogP contribution in [0.1, 0.15) is 25.7 Å². The highest BCUT2D eigenvalue weighted by Gasteiger charge is 2.28. The number of primary amides is 1. The Morgan fingerprint density at radius 3 is 2.75 bits per heavy atom. The van der Waals surface area contributed by atoms with Gasteiger partial charge in [0.1, 0.15) is 0 Å². The molecule has 3 amide bonds. The van der Waals surface area contributed by atoms with Crippen LogP contribution in [-0.4, -0.2) is 47.9 Å². The third kappa shape index (κ3) is 4.21. The van der Waals surface area contributed by atoms with Gasteiger partial charge < -0.3 is 20.7 Å². The lowest BCUT2D eigenvalue weighted by atomic mass is 10.2. The van der Waals surface area contributed by atoms with Gasteiger partial charge in [0.15, 0.2) is 6.10 Å². The van der Waals surface area contributed by atoms with Crippen molar-refractivity contribution in [2.75, 3.05) is 25.0 Å². The molecule has 2 fully saturated rings. The molecule has 1 aliphatic carbocycles. The molecular weight excluding hydrogens is 326 g/mol. The van der Waals surface area contributed by atoms with Crippen molar-refractivity contribution in [1.82, 2.24) is 4.90 Å². The summed E-state index contributed by atoms with van der Waals surface area (Å²) in [4.78, 5) is 26.5. The number of nitrogens with zero attached hydrogens (tertiary/aromatic N) is 1. The molecule has 1 saturated heterocycles. The van der Waals surface area contributed by atoms with E-state index < -0.39 is 12.0 Å². The summed E-state index contributed by atoms with van der Waals surface area (Å²) < 4.78 is 5.28. The van der Waals surface area contributed by atoms with Crippen LogP contribution in [0.25, 0.3) is 0 Å². The number of urea groups is 1. The third-order valence-electron chi connectivity index (χ3n) is 4.40. The monoisotopic (exact) mass is 349 g/mol. The second-order valence-electron chi connectivity index (χ2n) is 6.16. The number of carbonyl (C=O) groups excluding carboxylic acids is 2. The summed E-state index contributed by atoms with van der Waals surface area (Å²) in [5, 5.41) is 3.60. The first-order chi connectivity index (χ1) is 11.6. The summed E-state index contributed by atoms with van der Waals surface area (Å²) in [6.07, 6.45) is 4.31. The molecule has 1 heterocycles. The number of nitrogens with one attached hydrogen (secondary N) is 1. The molecule has 1 unspecified atom stereocenters. The molecule has 24 heavy (non-hydrogen) atoms. The molecule has 7 heteroatoms. The minimum atomic E-state index is -0.729. The number of anilines is 1. The van der Waals surface area contributed by atoms with Gasteiger partial charge in [-0.25, -0.2) is 4.79 Å². The maximum Gasteiger partial charge on any atom is 0.322 e. The highest BCUT2D eigenvalue weighted by molar-refractivity contribution is 8.00. The second kappa shape index (κ2) is 7.90. The largest absolute Gasteiger partial charge is 0.367 e. The number of benzene rings is 1. The van der Waals surface area contributed by atoms with Crippen molar-refractivity contribution in [2.24, 2.45) is 5.73 Å². The van der Waals surface area contributed by atoms with Gasteiger partial charge in [0.25, 0.3) is 0 Å². The molecule has 1 aliphatic heterocycles. The predicted molar refractivity (Wildman–Crippen MR) is 94.1 cm³/mol. The Balaban J connectivity index is 1.64. The number of thioether (sulfide) groups is 1. The van der Waals surface area contributed by atoms with Crippen molar-refractivity contribution in [1.29, 1.82) is 0 Å². The summed E-state index contributed by atoms with van der Waals surface area (Å²) in [6.45, 7) is 0.964. The van der Waals surface area contributed by atoms with Gasteiger partial charge in [0.2, 0.25) is 5.91 Å². The van der Waals surface area contributed by atoms with Crippen LogP contribution >= 0.6 is 11.8 Å². The molecule has 3 rings (SSSR count). The number of ether oxygens (including phenoxy) is 1. The Morgan fingerprint density at radius 2 is 2.00 bits per heavy atom. The Labute approximate surface area is 146 Å². The van der Waals surface area contributed by atoms with Gasteiger partial charge in [0.05, 0.1) is 18.8 Å². The van der Waals surface area contributed by atoms with E-state index in [2.05, 4.69) is 5.32 Å². The molecule has 0 radical (unpaired) electrons. The maximum atomic E-state index is 12.5. The number of carbonyl (C=O) groups is 2. The fourth-order valence-corrected chi connectivity index (χ4v) is 4.39. The van der Waals surface area contributed by atoms with Crippen molar-refractivity contribution in [2.45, 2.75) is 41.9 Å². The first-order valence-electron chi connectivity index (χ1n) is 8.36. The molecule has 1 saturated carbocycles. The number of para-hydroxylation sites is 1. The van der Waals surface area contributed by atoms with E-state index in [1.54, 1.807) is 4.90 Å². The van der Waals surface area contributed by atoms with Crippen LogP contribution in [0.3, 0.4) is 0 Å². The van der Waals surface area contributed by atoms with Crippen LogP contribution < -0.4 is 11.1 Å². The molecular formula is C17H23N3O3S. The number of hydrogen-bond donors (Lipinski definition) is 2. The second-order valence-corrected chi connectivity index (χ2v) is 7.50. The molecule has 0 bridgehead atoms. The summed E-state index contributed by atoms with van der Waals surface area (Å²) in [5.74, 6) is -0.537. The highest BCUT2D eigenvalue weighted by atomic mass is 32.2. The van der Waals surface area contributed by atoms with Crippen LogP contribution in [0, 0.1) is 0 Å². The zero-order chi connectivity index (χ0) is 16.9. The Hall–Kier alpha value is -1.73. The smallest absolute Gasteiger partial charge is 0.322 e. The zero-order valence-corrected chi connectivity index (χ0v) is 14.4. The Bertz CT molecular complexity index is 604. The number of rotatable bonds is 4. The first-order valence-corrected chi connectivity index (χ1v) is 9.24. The van der Waals surface area contributed by atoms with Gasteiger partial charge in [-0.05, 0) is 25.0 Å². The number of amides is 3. The summed E-state index contributed by atoms with van der Waals surface area (Å²) in [7, 11) is 0. The van der Waals surface area contributed by atoms with Crippen LogP contribution in [-0.2, 0) is 9.53 Å². The van der Waals surface area contributed by atoms with Crippen LogP contribution in [0.4, 0.5) is 10.5 Å². The van der Waals surface area contributed by atoms with Crippen molar-refractivity contribution in [3.05, 3.63) is 24.3 Å². The highest BCUT2D eigenvalue weighted by Crippen LogP contribution is 2.38. The van der Waals surface area contributed by atoms with Crippen LogP contribution in [0.15, 0.2) is 29.2 Å². The van der Waals surface area contributed by atoms with E-state index in [9.17, 15) is 9.59 Å². The van der Waals surface area contributed by atoms with Crippen LogP contribution in [0.2, 0.25) is 0 Å². The van der Waals surface area contributed by atoms with Gasteiger partial charge in [-0.3, -0.25) is 4.79 Å². The molecule has 0 aromatic heterocycles. The maximum absolute atomic E-state index is 12.5. The standard InChI is InChI=1S/C17H23N3O3S/c18-16(21)14-11-20(9-10-23-14)17(22)19-13-7-3-4-8-15(13)24-12-5-1-2-6-12/h3-4,7-8,12,14H,1-2,5-6,9-11H2,(H2,18,21)(H,19,22). The van der Waals surface area contributed by atoms with Gasteiger partial charge in [-0.15, -0.1) is 11.8 Å². The summed E-state index contributed by atoms with van der Waals surface area (Å²) in [5.41, 5.74) is 6.09. The topological polar surface area (TPSA) is 84.7 Å². The zero-order valence-electron chi connectivity index (χ0n) is 13.6. The Kier molecular flexibility index (Phi) is 5.63. The van der Waals surface area contributed by atoms with Gasteiger partial charge in [-0.2, -0.15) is 0 Å². The van der Waals surface area contributed by atoms with E-state index in [1.807, 2.05) is 36.0 Å². The molecule has 1 atom stereocenters. The fourth-order valence-electron chi connectivity index (χ4n) is 3.06. The summed E-state index contributed by atoms with van der Waals surface area (Å²) in [6, 6.07) is 7.65. The summed E-state index contributed by atoms with van der Waals surface area (Å²) >= 11 is 1.84. The van der Waals surface area contributed by atoms with Crippen LogP contribution in [0.5, 0.6) is 0 Å². The normalized spacial score (nSPS) is 21.7. The number of nitrogens with two attached hydrogens (primary N) is 1. The lowest BCUT2D eigenvalue weighted by molar-refractivity contribution is -0.133. The molecule has 130 valence electrons. The third-order valence-corrected chi connectivity index (χ3v) is 5.81. The minimum absolute atomic E-state index is 0.194. The van der Waals surface area contributed by atoms with E-state index in [0.29, 0.717) is 18.4 Å². The van der Waals surface area contributed by atoms with Crippen molar-refractivity contribution in [3.8, 4) is 0 Å². The molecule has 3 N–H and O–H groups in total. The number of morpholine rings is 1. The molecule has 0 spiro atoms. The molecule has 1 aromatic rings. The van der Waals surface area contributed by atoms with Gasteiger partial charge in [0, 0.05) is 16.7 Å². The predicted octanol–water partition coefficient (Wildman–Crippen LogP) is 2.44. The van der Waals surface area contributed by atoms with E-state index in [-0.39, 0.29) is 12.6 Å². The lowest BCUT2D eigenvalue weighted by Gasteiger charge is -2.31. The molecule has 6 nitrogen and oxygen atoms in total. The molecule has 2 aliphatic rings. The molecule has 1 aromatic carbocycles. The van der Waals surface area contributed by atoms with E-state index >= 15 is 0 Å². The fraction of sp³-hybridized carbons (Fsp3) is 0.529. The average molecular weight is 349 g/mol. The number of hydrogen-bond acceptors (Lipinski definition) is 4. The Morgan fingerprint density at radius 1 is 1.25 bits per heavy atom. The van der Waals surface area contributed by atoms with Crippen molar-refractivity contribution in [3.63, 3.8) is 0 Å². The van der Waals surface area contributed by atoms with E-state index in [0.717, 1.165) is 10.6 Å². The first kappa shape index (κ1) is 17.1.